The van der Waals surface area contributed by atoms with E-state index in [1.807, 2.05) is 26.0 Å². The van der Waals surface area contributed by atoms with Crippen molar-refractivity contribution in [2.75, 3.05) is 13.2 Å². The van der Waals surface area contributed by atoms with Crippen molar-refractivity contribution in [1.82, 2.24) is 9.97 Å². The molecule has 1 N–H and O–H groups in total. The van der Waals surface area contributed by atoms with Gasteiger partial charge in [0, 0.05) is 35.0 Å². The molecule has 2 fully saturated rings. The van der Waals surface area contributed by atoms with Gasteiger partial charge in [-0.2, -0.15) is 0 Å². The second-order valence-corrected chi connectivity index (χ2v) is 10.4. The summed E-state index contributed by atoms with van der Waals surface area (Å²) in [7, 11) is -0.341. The average molecular weight is 446 g/mol. The number of nitrogens with zero attached hydrogens (tertiary/aromatic N) is 2. The lowest BCUT2D eigenvalue weighted by Gasteiger charge is -2.32. The van der Waals surface area contributed by atoms with E-state index in [2.05, 4.69) is 45.9 Å². The molecule has 0 saturated carbocycles. The van der Waals surface area contributed by atoms with Crippen LogP contribution in [0.25, 0.3) is 22.3 Å². The van der Waals surface area contributed by atoms with Gasteiger partial charge in [-0.15, -0.1) is 0 Å². The van der Waals surface area contributed by atoms with Gasteiger partial charge in [0.2, 0.25) is 0 Å². The first-order valence-corrected chi connectivity index (χ1v) is 11.6. The Hall–Kier alpha value is -2.48. The first kappa shape index (κ1) is 22.3. The maximum atomic E-state index is 10.6. The number of ether oxygens (including phenoxy) is 1. The summed E-state index contributed by atoms with van der Waals surface area (Å²) < 4.78 is 18.5. The van der Waals surface area contributed by atoms with Crippen molar-refractivity contribution in [2.45, 2.75) is 64.5 Å². The summed E-state index contributed by atoms with van der Waals surface area (Å²) in [6.45, 7) is 13.4. The van der Waals surface area contributed by atoms with Gasteiger partial charge >= 0.3 is 7.12 Å². The van der Waals surface area contributed by atoms with Crippen molar-refractivity contribution in [3.63, 3.8) is 0 Å². The Morgan fingerprint density at radius 2 is 1.64 bits per heavy atom. The highest BCUT2D eigenvalue weighted by Gasteiger charge is 2.56. The van der Waals surface area contributed by atoms with Crippen LogP contribution >= 0.6 is 0 Å². The number of aromatic hydroxyl groups is 1. The molecule has 0 radical (unpaired) electrons. The molecule has 0 bridgehead atoms. The predicted molar refractivity (Wildman–Crippen MR) is 130 cm³/mol. The molecule has 2 aromatic heterocycles. The van der Waals surface area contributed by atoms with Crippen molar-refractivity contribution < 1.29 is 19.2 Å². The van der Waals surface area contributed by atoms with Crippen molar-refractivity contribution in [3.8, 4) is 17.0 Å². The molecule has 5 rings (SSSR count). The standard InChI is InChI=1S/C26H31BN2O4/c1-15-11-16(2)23(22(30)12-15)21-10-8-17-7-9-20(28-24(17)29-21)18-13-31-14-19(18)27-32-25(3,4)26(5,6)33-27/h7-12,18-19,30H,13-14H2,1-6H3. The van der Waals surface area contributed by atoms with Crippen LogP contribution in [0.3, 0.4) is 0 Å². The number of aryl methyl sites for hydroxylation is 2. The van der Waals surface area contributed by atoms with Gasteiger partial charge in [-0.05, 0) is 83.0 Å². The fourth-order valence-corrected chi connectivity index (χ4v) is 4.84. The summed E-state index contributed by atoms with van der Waals surface area (Å²) in [5.74, 6) is 0.354. The molecular weight excluding hydrogens is 415 g/mol. The lowest BCUT2D eigenvalue weighted by Crippen LogP contribution is -2.41. The summed E-state index contributed by atoms with van der Waals surface area (Å²) >= 11 is 0. The third kappa shape index (κ3) is 3.82. The van der Waals surface area contributed by atoms with Gasteiger partial charge in [-0.25, -0.2) is 9.97 Å². The van der Waals surface area contributed by atoms with Crippen LogP contribution in [0, 0.1) is 13.8 Å². The zero-order chi connectivity index (χ0) is 23.5. The van der Waals surface area contributed by atoms with Crippen LogP contribution in [0.5, 0.6) is 5.75 Å². The Morgan fingerprint density at radius 3 is 2.33 bits per heavy atom. The molecule has 33 heavy (non-hydrogen) atoms. The van der Waals surface area contributed by atoms with Crippen molar-refractivity contribution in [1.29, 1.82) is 0 Å². The van der Waals surface area contributed by atoms with Gasteiger partial charge in [-0.3, -0.25) is 0 Å². The molecule has 3 aromatic rings. The van der Waals surface area contributed by atoms with Crippen molar-refractivity contribution >= 4 is 18.2 Å². The minimum absolute atomic E-state index is 0.0579. The molecule has 2 aliphatic heterocycles. The zero-order valence-corrected chi connectivity index (χ0v) is 20.2. The SMILES string of the molecule is Cc1cc(C)c(-c2ccc3ccc(C4COCC4B4OC(C)(C)C(C)(C)O4)nc3n2)c(O)c1. The molecule has 7 heteroatoms. The maximum Gasteiger partial charge on any atom is 0.464 e. The van der Waals surface area contributed by atoms with E-state index in [9.17, 15) is 5.11 Å². The van der Waals surface area contributed by atoms with E-state index < -0.39 is 0 Å². The number of aromatic nitrogens is 2. The number of fused-ring (bicyclic) bond motifs is 1. The summed E-state index contributed by atoms with van der Waals surface area (Å²) in [5.41, 5.74) is 4.28. The smallest absolute Gasteiger partial charge is 0.464 e. The number of phenolic OH excluding ortho intramolecular Hbond substituents is 1. The summed E-state index contributed by atoms with van der Waals surface area (Å²) in [5, 5.41) is 11.5. The normalized spacial score (nSPS) is 24.0. The van der Waals surface area contributed by atoms with Crippen LogP contribution < -0.4 is 0 Å². The van der Waals surface area contributed by atoms with Crippen LogP contribution in [0.4, 0.5) is 0 Å². The maximum absolute atomic E-state index is 10.6. The first-order valence-electron chi connectivity index (χ1n) is 11.6. The Morgan fingerprint density at radius 1 is 0.939 bits per heavy atom. The molecule has 0 aliphatic carbocycles. The van der Waals surface area contributed by atoms with Crippen molar-refractivity contribution in [2.24, 2.45) is 0 Å². The predicted octanol–water partition coefficient (Wildman–Crippen LogP) is 5.20. The number of hydrogen-bond donors (Lipinski definition) is 1. The number of rotatable bonds is 3. The quantitative estimate of drug-likeness (QED) is 0.558. The molecule has 4 heterocycles. The highest BCUT2D eigenvalue weighted by molar-refractivity contribution is 6.48. The average Bonchev–Trinajstić information content (AvgIpc) is 3.29. The van der Waals surface area contributed by atoms with Gasteiger partial charge in [-0.1, -0.05) is 6.07 Å². The molecule has 0 spiro atoms. The van der Waals surface area contributed by atoms with E-state index in [1.54, 1.807) is 6.07 Å². The largest absolute Gasteiger partial charge is 0.507 e. The van der Waals surface area contributed by atoms with E-state index in [1.165, 1.54) is 0 Å². The fraction of sp³-hybridized carbons (Fsp3) is 0.462. The zero-order valence-electron chi connectivity index (χ0n) is 20.2. The lowest BCUT2D eigenvalue weighted by atomic mass is 9.65. The van der Waals surface area contributed by atoms with Crippen LogP contribution in [-0.2, 0) is 14.0 Å². The van der Waals surface area contributed by atoms with Crippen LogP contribution in [0.15, 0.2) is 36.4 Å². The molecule has 172 valence electrons. The number of hydrogen-bond acceptors (Lipinski definition) is 6. The highest BCUT2D eigenvalue weighted by Crippen LogP contribution is 2.46. The third-order valence-electron chi connectivity index (χ3n) is 7.41. The Bertz CT molecular complexity index is 1190. The molecule has 0 amide bonds. The molecule has 1 aromatic carbocycles. The molecular formula is C26H31BN2O4. The van der Waals surface area contributed by atoms with Gasteiger partial charge in [0.15, 0.2) is 5.65 Å². The Kier molecular flexibility index (Phi) is 5.27. The number of pyridine rings is 2. The molecule has 2 atom stereocenters. The van der Waals surface area contributed by atoms with Crippen molar-refractivity contribution in [3.05, 3.63) is 53.2 Å². The third-order valence-corrected chi connectivity index (χ3v) is 7.41. The monoisotopic (exact) mass is 446 g/mol. The molecule has 2 unspecified atom stereocenters. The highest BCUT2D eigenvalue weighted by atomic mass is 16.7. The van der Waals surface area contributed by atoms with E-state index in [4.69, 9.17) is 24.0 Å². The fourth-order valence-electron chi connectivity index (χ4n) is 4.84. The number of benzene rings is 1. The Labute approximate surface area is 195 Å². The van der Waals surface area contributed by atoms with Crippen LogP contribution in [0.1, 0.15) is 50.4 Å². The van der Waals surface area contributed by atoms with Gasteiger partial charge < -0.3 is 19.2 Å². The Balaban J connectivity index is 1.49. The minimum Gasteiger partial charge on any atom is -0.507 e. The topological polar surface area (TPSA) is 73.7 Å². The first-order chi connectivity index (χ1) is 15.6. The lowest BCUT2D eigenvalue weighted by molar-refractivity contribution is 0.00578. The summed E-state index contributed by atoms with van der Waals surface area (Å²) in [6.07, 6.45) is 0. The van der Waals surface area contributed by atoms with E-state index in [0.29, 0.717) is 24.6 Å². The minimum atomic E-state index is -0.383. The number of phenols is 1. The van der Waals surface area contributed by atoms with Crippen LogP contribution in [-0.4, -0.2) is 46.6 Å². The summed E-state index contributed by atoms with van der Waals surface area (Å²) in [4.78, 5) is 9.75. The van der Waals surface area contributed by atoms with E-state index in [-0.39, 0.29) is 35.8 Å². The second kappa shape index (κ2) is 7.79. The van der Waals surface area contributed by atoms with Gasteiger partial charge in [0.05, 0.1) is 23.5 Å². The molecule has 2 saturated heterocycles. The second-order valence-electron chi connectivity index (χ2n) is 10.4. The van der Waals surface area contributed by atoms with E-state index in [0.717, 1.165) is 27.8 Å². The van der Waals surface area contributed by atoms with E-state index >= 15 is 0 Å². The summed E-state index contributed by atoms with van der Waals surface area (Å²) in [6, 6.07) is 11.9. The van der Waals surface area contributed by atoms with Gasteiger partial charge in [0.25, 0.3) is 0 Å². The molecule has 2 aliphatic rings. The van der Waals surface area contributed by atoms with Gasteiger partial charge in [0.1, 0.15) is 5.75 Å². The van der Waals surface area contributed by atoms with Crippen LogP contribution in [0.2, 0.25) is 5.82 Å². The molecule has 6 nitrogen and oxygen atoms in total.